The lowest BCUT2D eigenvalue weighted by Gasteiger charge is -2.19. The van der Waals surface area contributed by atoms with Gasteiger partial charge in [0, 0.05) is 11.5 Å². The third-order valence-corrected chi connectivity index (χ3v) is 3.84. The predicted octanol–water partition coefficient (Wildman–Crippen LogP) is 3.97. The molecule has 1 heterocycles. The Hall–Kier alpha value is -0.740. The van der Waals surface area contributed by atoms with E-state index in [1.54, 1.807) is 0 Å². The molecule has 3 nitrogen and oxygen atoms in total. The van der Waals surface area contributed by atoms with Crippen LogP contribution in [0.15, 0.2) is 12.7 Å². The Morgan fingerprint density at radius 3 is 2.67 bits per heavy atom. The van der Waals surface area contributed by atoms with Gasteiger partial charge in [0.2, 0.25) is 0 Å². The van der Waals surface area contributed by atoms with E-state index in [9.17, 15) is 0 Å². The minimum atomic E-state index is 0.0305. The number of allylic oxidation sites excluding steroid dienone is 1. The van der Waals surface area contributed by atoms with E-state index in [2.05, 4.69) is 36.9 Å². The number of unbranched alkanes of at least 4 members (excludes halogenated alkanes) is 3. The molecule has 0 radical (unpaired) electrons. The van der Waals surface area contributed by atoms with Gasteiger partial charge in [-0.3, -0.25) is 0 Å². The second-order valence-electron chi connectivity index (χ2n) is 5.77. The van der Waals surface area contributed by atoms with Crippen molar-refractivity contribution in [1.82, 2.24) is 9.59 Å². The van der Waals surface area contributed by atoms with Crippen molar-refractivity contribution in [3.05, 3.63) is 23.2 Å². The van der Waals surface area contributed by atoms with E-state index in [0.29, 0.717) is 0 Å². The fraction of sp³-hybridized carbons (Fsp3) is 0.714. The fourth-order valence-corrected chi connectivity index (χ4v) is 2.82. The molecule has 0 aliphatic carbocycles. The Morgan fingerprint density at radius 2 is 2.06 bits per heavy atom. The Balaban J connectivity index is 2.49. The Labute approximate surface area is 115 Å². The second kappa shape index (κ2) is 7.00. The van der Waals surface area contributed by atoms with Crippen molar-refractivity contribution in [1.29, 1.82) is 0 Å². The van der Waals surface area contributed by atoms with Crippen molar-refractivity contribution < 1.29 is 0 Å². The topological polar surface area (TPSA) is 51.8 Å². The van der Waals surface area contributed by atoms with Gasteiger partial charge in [-0.15, -0.1) is 11.7 Å². The van der Waals surface area contributed by atoms with Crippen LogP contribution in [0.3, 0.4) is 0 Å². The summed E-state index contributed by atoms with van der Waals surface area (Å²) in [4.78, 5) is 1.16. The molecule has 2 N–H and O–H groups in total. The van der Waals surface area contributed by atoms with Crippen LogP contribution in [-0.2, 0) is 5.41 Å². The van der Waals surface area contributed by atoms with E-state index in [0.717, 1.165) is 29.8 Å². The molecule has 102 valence electrons. The van der Waals surface area contributed by atoms with Crippen LogP contribution in [0.4, 0.5) is 0 Å². The van der Waals surface area contributed by atoms with Crippen LogP contribution in [0.25, 0.3) is 0 Å². The maximum absolute atomic E-state index is 6.26. The molecule has 0 saturated carbocycles. The smallest absolute Gasteiger partial charge is 0.0856 e. The summed E-state index contributed by atoms with van der Waals surface area (Å²) < 4.78 is 4.07. The summed E-state index contributed by atoms with van der Waals surface area (Å²) in [5.41, 5.74) is 7.35. The molecule has 0 aliphatic rings. The van der Waals surface area contributed by atoms with Crippen LogP contribution < -0.4 is 5.73 Å². The van der Waals surface area contributed by atoms with Gasteiger partial charge in [0.25, 0.3) is 0 Å². The number of hydrogen-bond acceptors (Lipinski definition) is 4. The summed E-state index contributed by atoms with van der Waals surface area (Å²) in [5.74, 6) is 0. The zero-order valence-corrected chi connectivity index (χ0v) is 12.6. The first-order valence-corrected chi connectivity index (χ1v) is 7.43. The third-order valence-electron chi connectivity index (χ3n) is 2.98. The Bertz CT molecular complexity index is 365. The number of nitrogens with two attached hydrogens (primary N) is 1. The minimum Gasteiger partial charge on any atom is -0.323 e. The lowest BCUT2D eigenvalue weighted by Crippen LogP contribution is -2.19. The molecular formula is C14H25N3S. The summed E-state index contributed by atoms with van der Waals surface area (Å²) in [5, 5.41) is 4.24. The van der Waals surface area contributed by atoms with Crippen molar-refractivity contribution in [2.45, 2.75) is 64.3 Å². The van der Waals surface area contributed by atoms with Crippen molar-refractivity contribution in [2.75, 3.05) is 0 Å². The van der Waals surface area contributed by atoms with Crippen molar-refractivity contribution in [3.63, 3.8) is 0 Å². The van der Waals surface area contributed by atoms with Gasteiger partial charge in [-0.2, -0.15) is 0 Å². The van der Waals surface area contributed by atoms with Crippen molar-refractivity contribution in [2.24, 2.45) is 5.73 Å². The van der Waals surface area contributed by atoms with E-state index in [4.69, 9.17) is 5.73 Å². The highest BCUT2D eigenvalue weighted by Crippen LogP contribution is 2.31. The summed E-state index contributed by atoms with van der Waals surface area (Å²) >= 11 is 1.45. The van der Waals surface area contributed by atoms with E-state index in [-0.39, 0.29) is 11.5 Å². The van der Waals surface area contributed by atoms with Crippen molar-refractivity contribution >= 4 is 11.5 Å². The molecule has 18 heavy (non-hydrogen) atoms. The molecule has 1 unspecified atom stereocenters. The number of nitrogens with zero attached hydrogens (tertiary/aromatic N) is 2. The quantitative estimate of drug-likeness (QED) is 0.600. The maximum Gasteiger partial charge on any atom is 0.0856 e. The first kappa shape index (κ1) is 15.3. The van der Waals surface area contributed by atoms with Crippen LogP contribution in [0, 0.1) is 0 Å². The zero-order chi connectivity index (χ0) is 13.6. The van der Waals surface area contributed by atoms with Crippen LogP contribution >= 0.6 is 11.5 Å². The highest BCUT2D eigenvalue weighted by atomic mass is 32.1. The number of aromatic nitrogens is 2. The van der Waals surface area contributed by atoms with Gasteiger partial charge in [-0.1, -0.05) is 44.2 Å². The lowest BCUT2D eigenvalue weighted by molar-refractivity contribution is 0.531. The van der Waals surface area contributed by atoms with Crippen molar-refractivity contribution in [3.8, 4) is 0 Å². The van der Waals surface area contributed by atoms with Gasteiger partial charge in [0.05, 0.1) is 10.6 Å². The first-order valence-electron chi connectivity index (χ1n) is 6.66. The number of hydrogen-bond donors (Lipinski definition) is 1. The summed E-state index contributed by atoms with van der Waals surface area (Å²) in [6.45, 7) is 10.2. The monoisotopic (exact) mass is 267 g/mol. The standard InChI is InChI=1S/C14H25N3S/c1-5-6-7-8-9-10-11(15)12-13(14(2,3)4)16-17-18-12/h5,11H,1,6-10,15H2,2-4H3. The average Bonchev–Trinajstić information content (AvgIpc) is 2.77. The molecule has 1 aromatic heterocycles. The normalized spacial score (nSPS) is 13.6. The zero-order valence-electron chi connectivity index (χ0n) is 11.8. The molecular weight excluding hydrogens is 242 g/mol. The van der Waals surface area contributed by atoms with E-state index >= 15 is 0 Å². The Kier molecular flexibility index (Phi) is 5.96. The fourth-order valence-electron chi connectivity index (χ4n) is 1.92. The summed E-state index contributed by atoms with van der Waals surface area (Å²) in [7, 11) is 0. The summed E-state index contributed by atoms with van der Waals surface area (Å²) in [6.07, 6.45) is 7.69. The van der Waals surface area contributed by atoms with Gasteiger partial charge in [0.1, 0.15) is 0 Å². The molecule has 1 atom stereocenters. The van der Waals surface area contributed by atoms with Gasteiger partial charge >= 0.3 is 0 Å². The molecule has 0 bridgehead atoms. The van der Waals surface area contributed by atoms with E-state index in [1.165, 1.54) is 24.4 Å². The second-order valence-corrected chi connectivity index (χ2v) is 6.55. The summed E-state index contributed by atoms with van der Waals surface area (Å²) in [6, 6.07) is 0.0861. The van der Waals surface area contributed by atoms with Crippen LogP contribution in [0.5, 0.6) is 0 Å². The van der Waals surface area contributed by atoms with Gasteiger partial charge in [0.15, 0.2) is 0 Å². The highest BCUT2D eigenvalue weighted by molar-refractivity contribution is 7.05. The van der Waals surface area contributed by atoms with Gasteiger partial charge in [-0.25, -0.2) is 0 Å². The molecule has 1 rings (SSSR count). The molecule has 0 aliphatic heterocycles. The highest BCUT2D eigenvalue weighted by Gasteiger charge is 2.25. The number of rotatable bonds is 7. The first-order chi connectivity index (χ1) is 8.46. The third kappa shape index (κ3) is 4.50. The van der Waals surface area contributed by atoms with Crippen LogP contribution in [0.1, 0.15) is 69.5 Å². The van der Waals surface area contributed by atoms with Gasteiger partial charge in [-0.05, 0) is 30.8 Å². The Morgan fingerprint density at radius 1 is 1.33 bits per heavy atom. The minimum absolute atomic E-state index is 0.0305. The molecule has 0 spiro atoms. The average molecular weight is 267 g/mol. The molecule has 0 aromatic carbocycles. The maximum atomic E-state index is 6.26. The van der Waals surface area contributed by atoms with Crippen LogP contribution in [0.2, 0.25) is 0 Å². The lowest BCUT2D eigenvalue weighted by atomic mass is 9.89. The molecule has 0 amide bonds. The predicted molar refractivity (Wildman–Crippen MR) is 78.8 cm³/mol. The SMILES string of the molecule is C=CCCCCCC(N)c1snnc1C(C)(C)C. The van der Waals surface area contributed by atoms with E-state index in [1.807, 2.05) is 6.08 Å². The van der Waals surface area contributed by atoms with Crippen LogP contribution in [-0.4, -0.2) is 9.59 Å². The molecule has 4 heteroatoms. The molecule has 0 fully saturated rings. The largest absolute Gasteiger partial charge is 0.323 e. The molecule has 1 aromatic rings. The van der Waals surface area contributed by atoms with Gasteiger partial charge < -0.3 is 5.73 Å². The van der Waals surface area contributed by atoms with E-state index < -0.39 is 0 Å². The molecule has 0 saturated heterocycles.